The lowest BCUT2D eigenvalue weighted by Crippen LogP contribution is -2.44. The summed E-state index contributed by atoms with van der Waals surface area (Å²) in [5.74, 6) is -0.637. The fraction of sp³-hybridized carbons (Fsp3) is 0.379. The van der Waals surface area contributed by atoms with Crippen LogP contribution in [0.15, 0.2) is 54.7 Å². The van der Waals surface area contributed by atoms with Crippen LogP contribution >= 0.6 is 0 Å². The highest BCUT2D eigenvalue weighted by Crippen LogP contribution is 2.41. The molecular formula is C29H30FN5O2. The minimum absolute atomic E-state index is 0.00524. The van der Waals surface area contributed by atoms with Gasteiger partial charge >= 0.3 is 0 Å². The number of carbonyl (C=O) groups is 2. The number of rotatable bonds is 4. The monoisotopic (exact) mass is 499 g/mol. The van der Waals surface area contributed by atoms with E-state index < -0.39 is 5.54 Å². The average molecular weight is 500 g/mol. The molecule has 2 saturated heterocycles. The van der Waals surface area contributed by atoms with Crippen molar-refractivity contribution in [2.24, 2.45) is 5.92 Å². The van der Waals surface area contributed by atoms with Crippen molar-refractivity contribution >= 4 is 28.4 Å². The molecule has 1 aromatic heterocycles. The Hall–Kier alpha value is -3.99. The van der Waals surface area contributed by atoms with E-state index in [1.54, 1.807) is 24.2 Å². The Morgan fingerprint density at radius 2 is 1.78 bits per heavy atom. The van der Waals surface area contributed by atoms with Crippen LogP contribution in [-0.2, 0) is 10.3 Å². The predicted octanol–water partition coefficient (Wildman–Crippen LogP) is 4.39. The van der Waals surface area contributed by atoms with E-state index in [2.05, 4.69) is 20.0 Å². The van der Waals surface area contributed by atoms with E-state index in [0.717, 1.165) is 5.56 Å². The number of halogens is 1. The van der Waals surface area contributed by atoms with Gasteiger partial charge in [-0.05, 0) is 31.0 Å². The topological polar surface area (TPSA) is 69.9 Å². The first kappa shape index (κ1) is 24.7. The molecule has 0 aliphatic carbocycles. The van der Waals surface area contributed by atoms with Gasteiger partial charge in [0.15, 0.2) is 0 Å². The SMILES string of the molecule is [C-]#[N+]C1(c2ccccc2)CCN(c2c(C(=O)N3CCC(C(=O)NC)CC3)cnc3ccc(F)cc23)CC1. The van der Waals surface area contributed by atoms with Gasteiger partial charge in [0.2, 0.25) is 5.91 Å². The van der Waals surface area contributed by atoms with E-state index in [1.165, 1.54) is 12.1 Å². The molecule has 0 radical (unpaired) electrons. The second-order valence-corrected chi connectivity index (χ2v) is 9.86. The van der Waals surface area contributed by atoms with Crippen molar-refractivity contribution in [1.29, 1.82) is 0 Å². The summed E-state index contributed by atoms with van der Waals surface area (Å²) in [5.41, 5.74) is 2.13. The lowest BCUT2D eigenvalue weighted by molar-refractivity contribution is -0.125. The number of pyridine rings is 1. The van der Waals surface area contributed by atoms with Crippen molar-refractivity contribution in [1.82, 2.24) is 15.2 Å². The zero-order valence-corrected chi connectivity index (χ0v) is 20.9. The number of anilines is 1. The average Bonchev–Trinajstić information content (AvgIpc) is 2.96. The fourth-order valence-electron chi connectivity index (χ4n) is 5.68. The number of amides is 2. The highest BCUT2D eigenvalue weighted by atomic mass is 19.1. The standard InChI is InChI=1S/C29H30FN5O2/c1-31-27(36)20-10-14-35(15-11-20)28(37)24-19-33-25-9-8-22(30)18-23(25)26(24)34-16-12-29(32-2,13-17-34)21-6-4-3-5-7-21/h3-9,18-20H,10-17H2,1H3,(H,31,36). The van der Waals surface area contributed by atoms with Gasteiger partial charge in [0.05, 0.1) is 16.8 Å². The van der Waals surface area contributed by atoms with Crippen molar-refractivity contribution in [3.05, 3.63) is 83.1 Å². The third-order valence-electron chi connectivity index (χ3n) is 7.86. The van der Waals surface area contributed by atoms with Crippen LogP contribution in [0.25, 0.3) is 15.7 Å². The first-order valence-corrected chi connectivity index (χ1v) is 12.7. The number of piperidine rings is 2. The lowest BCUT2D eigenvalue weighted by Gasteiger charge is -2.37. The van der Waals surface area contributed by atoms with Gasteiger partial charge in [-0.3, -0.25) is 14.6 Å². The second kappa shape index (κ2) is 10.2. The zero-order chi connectivity index (χ0) is 26.0. The van der Waals surface area contributed by atoms with Crippen LogP contribution in [0.1, 0.15) is 41.6 Å². The molecule has 8 heteroatoms. The third kappa shape index (κ3) is 4.62. The van der Waals surface area contributed by atoms with Crippen LogP contribution in [-0.4, -0.2) is 54.9 Å². The van der Waals surface area contributed by atoms with Crippen LogP contribution < -0.4 is 10.2 Å². The van der Waals surface area contributed by atoms with Gasteiger partial charge in [-0.15, -0.1) is 0 Å². The lowest BCUT2D eigenvalue weighted by atomic mass is 9.81. The summed E-state index contributed by atoms with van der Waals surface area (Å²) in [6.45, 7) is 10.1. The van der Waals surface area contributed by atoms with Crippen LogP contribution in [0.5, 0.6) is 0 Å². The number of benzene rings is 2. The molecule has 190 valence electrons. The number of fused-ring (bicyclic) bond motifs is 1. The molecular weight excluding hydrogens is 469 g/mol. The van der Waals surface area contributed by atoms with Crippen molar-refractivity contribution in [2.45, 2.75) is 31.2 Å². The van der Waals surface area contributed by atoms with E-state index in [4.69, 9.17) is 6.57 Å². The summed E-state index contributed by atoms with van der Waals surface area (Å²) in [4.78, 5) is 38.2. The summed E-state index contributed by atoms with van der Waals surface area (Å²) in [6, 6.07) is 14.3. The van der Waals surface area contributed by atoms with Crippen LogP contribution in [0.4, 0.5) is 10.1 Å². The molecule has 0 atom stereocenters. The van der Waals surface area contributed by atoms with E-state index in [-0.39, 0.29) is 23.5 Å². The van der Waals surface area contributed by atoms with Gasteiger partial charge in [0.1, 0.15) is 5.82 Å². The molecule has 2 aliphatic heterocycles. The molecule has 2 aromatic carbocycles. The van der Waals surface area contributed by atoms with Crippen molar-refractivity contribution in [2.75, 3.05) is 38.1 Å². The number of carbonyl (C=O) groups excluding carboxylic acids is 2. The summed E-state index contributed by atoms with van der Waals surface area (Å²) in [6.07, 6.45) is 4.00. The van der Waals surface area contributed by atoms with Crippen LogP contribution in [0.2, 0.25) is 0 Å². The first-order chi connectivity index (χ1) is 18.0. The number of nitrogens with one attached hydrogen (secondary N) is 1. The van der Waals surface area contributed by atoms with Crippen LogP contribution in [0.3, 0.4) is 0 Å². The third-order valence-corrected chi connectivity index (χ3v) is 7.86. The maximum atomic E-state index is 14.4. The molecule has 2 aliphatic rings. The largest absolute Gasteiger partial charge is 0.370 e. The number of aromatic nitrogens is 1. The van der Waals surface area contributed by atoms with E-state index in [0.29, 0.717) is 74.0 Å². The second-order valence-electron chi connectivity index (χ2n) is 9.86. The molecule has 2 amide bonds. The molecule has 3 heterocycles. The van der Waals surface area contributed by atoms with Crippen molar-refractivity contribution in [3.8, 4) is 0 Å². The molecule has 0 bridgehead atoms. The molecule has 1 N–H and O–H groups in total. The molecule has 7 nitrogen and oxygen atoms in total. The Bertz CT molecular complexity index is 1350. The molecule has 2 fully saturated rings. The molecule has 5 rings (SSSR count). The number of nitrogens with zero attached hydrogens (tertiary/aromatic N) is 4. The van der Waals surface area contributed by atoms with Gasteiger partial charge in [-0.2, -0.15) is 0 Å². The smallest absolute Gasteiger partial charge is 0.260 e. The highest BCUT2D eigenvalue weighted by molar-refractivity contribution is 6.07. The van der Waals surface area contributed by atoms with Crippen LogP contribution in [0, 0.1) is 18.3 Å². The minimum Gasteiger partial charge on any atom is -0.370 e. The Labute approximate surface area is 216 Å². The van der Waals surface area contributed by atoms with Gasteiger partial charge in [0.25, 0.3) is 11.4 Å². The van der Waals surface area contributed by atoms with Crippen molar-refractivity contribution in [3.63, 3.8) is 0 Å². The summed E-state index contributed by atoms with van der Waals surface area (Å²) < 4.78 is 14.4. The van der Waals surface area contributed by atoms with Gasteiger partial charge in [-0.25, -0.2) is 11.0 Å². The minimum atomic E-state index is -0.613. The normalized spacial score (nSPS) is 17.9. The Morgan fingerprint density at radius 1 is 1.08 bits per heavy atom. The Morgan fingerprint density at radius 3 is 2.43 bits per heavy atom. The summed E-state index contributed by atoms with van der Waals surface area (Å²) in [7, 11) is 1.63. The molecule has 3 aromatic rings. The predicted molar refractivity (Wildman–Crippen MR) is 141 cm³/mol. The quantitative estimate of drug-likeness (QED) is 0.541. The summed E-state index contributed by atoms with van der Waals surface area (Å²) in [5, 5.41) is 3.29. The maximum Gasteiger partial charge on any atom is 0.260 e. The van der Waals surface area contributed by atoms with E-state index in [9.17, 15) is 14.0 Å². The molecule has 37 heavy (non-hydrogen) atoms. The Kier molecular flexibility index (Phi) is 6.79. The molecule has 0 spiro atoms. The van der Waals surface area contributed by atoms with E-state index in [1.807, 2.05) is 30.3 Å². The maximum absolute atomic E-state index is 14.4. The Balaban J connectivity index is 1.47. The number of hydrogen-bond donors (Lipinski definition) is 1. The number of hydrogen-bond acceptors (Lipinski definition) is 4. The number of likely N-dealkylation sites (tertiary alicyclic amines) is 1. The van der Waals surface area contributed by atoms with Gasteiger partial charge in [0, 0.05) is 69.1 Å². The van der Waals surface area contributed by atoms with Gasteiger partial charge in [-0.1, -0.05) is 30.3 Å². The molecule has 0 saturated carbocycles. The summed E-state index contributed by atoms with van der Waals surface area (Å²) >= 11 is 0. The van der Waals surface area contributed by atoms with Crippen molar-refractivity contribution < 1.29 is 14.0 Å². The fourth-order valence-corrected chi connectivity index (χ4v) is 5.68. The molecule has 0 unspecified atom stereocenters. The first-order valence-electron chi connectivity index (χ1n) is 12.7. The van der Waals surface area contributed by atoms with E-state index >= 15 is 0 Å². The van der Waals surface area contributed by atoms with Gasteiger partial charge < -0.3 is 20.0 Å². The highest BCUT2D eigenvalue weighted by Gasteiger charge is 2.43. The zero-order valence-electron chi connectivity index (χ0n) is 20.9.